The summed E-state index contributed by atoms with van der Waals surface area (Å²) in [6.45, 7) is 1.84. The predicted octanol–water partition coefficient (Wildman–Crippen LogP) is 2.51. The first kappa shape index (κ1) is 10.7. The molecule has 62 valence electrons. The lowest BCUT2D eigenvalue weighted by atomic mass is 10.1. The Kier molecular flexibility index (Phi) is 8.28. The van der Waals surface area contributed by atoms with Crippen LogP contribution in [0.2, 0.25) is 0 Å². The van der Waals surface area contributed by atoms with E-state index >= 15 is 0 Å². The van der Waals surface area contributed by atoms with E-state index in [1.807, 2.05) is 6.92 Å². The van der Waals surface area contributed by atoms with E-state index in [1.54, 1.807) is 10.8 Å². The molecule has 3 heteroatoms. The van der Waals surface area contributed by atoms with Gasteiger partial charge in [-0.3, -0.25) is 0 Å². The van der Waals surface area contributed by atoms with Gasteiger partial charge in [0.15, 0.2) is 0 Å². The van der Waals surface area contributed by atoms with Crippen LogP contribution in [-0.2, 0) is 0 Å². The molecule has 0 aromatic heterocycles. The van der Waals surface area contributed by atoms with Gasteiger partial charge in [0, 0.05) is 5.75 Å². The van der Waals surface area contributed by atoms with Crippen LogP contribution in [0.3, 0.4) is 0 Å². The summed E-state index contributed by atoms with van der Waals surface area (Å²) in [7, 11) is 1.59. The molecule has 0 spiro atoms. The number of aliphatic hydroxyl groups excluding tert-OH is 1. The molecule has 1 N–H and O–H groups in total. The number of thiol groups is 1. The maximum absolute atomic E-state index is 8.89. The summed E-state index contributed by atoms with van der Waals surface area (Å²) < 4.78 is 0. The third kappa shape index (κ3) is 8.66. The van der Waals surface area contributed by atoms with Gasteiger partial charge in [0.2, 0.25) is 0 Å². The van der Waals surface area contributed by atoms with Crippen LogP contribution in [0.15, 0.2) is 0 Å². The van der Waals surface area contributed by atoms with Gasteiger partial charge in [-0.25, -0.2) is 0 Å². The fourth-order valence-corrected chi connectivity index (χ4v) is 1.50. The summed E-state index contributed by atoms with van der Waals surface area (Å²) in [4.78, 5) is 0. The van der Waals surface area contributed by atoms with Crippen molar-refractivity contribution in [1.82, 2.24) is 0 Å². The average molecular weight is 180 g/mol. The molecule has 0 aromatic rings. The fourth-order valence-electron chi connectivity index (χ4n) is 0.783. The molecule has 0 aromatic carbocycles. The summed E-state index contributed by atoms with van der Waals surface area (Å²) in [5.74, 6) is 1.13. The maximum Gasteiger partial charge on any atom is 0.0512 e. The molecular weight excluding hydrogens is 164 g/mol. The Labute approximate surface area is 72.4 Å². The van der Waals surface area contributed by atoms with Crippen molar-refractivity contribution in [3.63, 3.8) is 0 Å². The Morgan fingerprint density at radius 1 is 1.40 bits per heavy atom. The highest BCUT2D eigenvalue weighted by atomic mass is 33.1. The van der Waals surface area contributed by atoms with Gasteiger partial charge in [-0.2, -0.15) is 0 Å². The first-order valence-corrected chi connectivity index (χ1v) is 5.75. The summed E-state index contributed by atoms with van der Waals surface area (Å²) in [5, 5.41) is 8.89. The molecule has 0 heterocycles. The van der Waals surface area contributed by atoms with Crippen LogP contribution in [0.5, 0.6) is 0 Å². The number of rotatable bonds is 6. The first-order chi connectivity index (χ1) is 4.77. The Morgan fingerprint density at radius 2 is 2.10 bits per heavy atom. The Bertz CT molecular complexity index is 66.6. The first-order valence-electron chi connectivity index (χ1n) is 3.72. The third-order valence-electron chi connectivity index (χ3n) is 1.36. The zero-order chi connectivity index (χ0) is 7.82. The van der Waals surface area contributed by atoms with E-state index in [-0.39, 0.29) is 6.10 Å². The molecule has 1 unspecified atom stereocenters. The molecule has 1 atom stereocenters. The van der Waals surface area contributed by atoms with Gasteiger partial charge in [0.1, 0.15) is 0 Å². The van der Waals surface area contributed by atoms with Crippen molar-refractivity contribution in [2.24, 2.45) is 0 Å². The van der Waals surface area contributed by atoms with Crippen molar-refractivity contribution in [3.8, 4) is 0 Å². The van der Waals surface area contributed by atoms with Gasteiger partial charge in [-0.15, -0.1) is 11.7 Å². The minimum Gasteiger partial charge on any atom is -0.393 e. The van der Waals surface area contributed by atoms with Crippen LogP contribution in [-0.4, -0.2) is 17.0 Å². The normalized spacial score (nSPS) is 13.5. The second kappa shape index (κ2) is 7.76. The summed E-state index contributed by atoms with van der Waals surface area (Å²) in [6.07, 6.45) is 4.41. The number of hydrogen-bond donors (Lipinski definition) is 2. The van der Waals surface area contributed by atoms with E-state index < -0.39 is 0 Å². The second-order valence-electron chi connectivity index (χ2n) is 2.53. The van der Waals surface area contributed by atoms with Crippen molar-refractivity contribution < 1.29 is 5.11 Å². The maximum atomic E-state index is 8.89. The van der Waals surface area contributed by atoms with E-state index in [1.165, 1.54) is 12.8 Å². The Morgan fingerprint density at radius 3 is 2.60 bits per heavy atom. The minimum absolute atomic E-state index is 0.122. The van der Waals surface area contributed by atoms with Crippen LogP contribution in [0.25, 0.3) is 0 Å². The van der Waals surface area contributed by atoms with Crippen molar-refractivity contribution in [2.75, 3.05) is 5.75 Å². The third-order valence-corrected chi connectivity index (χ3v) is 2.38. The summed E-state index contributed by atoms with van der Waals surface area (Å²) >= 11 is 4.03. The van der Waals surface area contributed by atoms with E-state index in [0.29, 0.717) is 0 Å². The Hall–Kier alpha value is 0.660. The SMILES string of the molecule is CC(O)CCCCCSS. The van der Waals surface area contributed by atoms with Crippen LogP contribution >= 0.6 is 22.5 Å². The van der Waals surface area contributed by atoms with E-state index in [9.17, 15) is 0 Å². The molecule has 0 aliphatic rings. The lowest BCUT2D eigenvalue weighted by Gasteiger charge is -2.01. The van der Waals surface area contributed by atoms with Gasteiger partial charge in [-0.1, -0.05) is 23.6 Å². The summed E-state index contributed by atoms with van der Waals surface area (Å²) in [6, 6.07) is 0. The van der Waals surface area contributed by atoms with Gasteiger partial charge in [0.25, 0.3) is 0 Å². The molecule has 10 heavy (non-hydrogen) atoms. The lowest BCUT2D eigenvalue weighted by molar-refractivity contribution is 0.180. The zero-order valence-corrected chi connectivity index (χ0v) is 8.13. The van der Waals surface area contributed by atoms with Crippen molar-refractivity contribution >= 4 is 22.5 Å². The molecule has 1 nitrogen and oxygen atoms in total. The standard InChI is InChI=1S/C7H16OS2/c1-7(8)5-3-2-4-6-10-9/h7-9H,2-6H2,1H3. The Balaban J connectivity index is 2.77. The van der Waals surface area contributed by atoms with Crippen molar-refractivity contribution in [3.05, 3.63) is 0 Å². The molecule has 0 bridgehead atoms. The number of unbranched alkanes of at least 4 members (excludes halogenated alkanes) is 2. The van der Waals surface area contributed by atoms with Crippen molar-refractivity contribution in [1.29, 1.82) is 0 Å². The molecule has 0 saturated carbocycles. The summed E-state index contributed by atoms with van der Waals surface area (Å²) in [5.41, 5.74) is 0. The highest BCUT2D eigenvalue weighted by molar-refractivity contribution is 8.68. The van der Waals surface area contributed by atoms with Crippen LogP contribution < -0.4 is 0 Å². The molecule has 0 aliphatic carbocycles. The van der Waals surface area contributed by atoms with Gasteiger partial charge in [0.05, 0.1) is 6.10 Å². The highest BCUT2D eigenvalue weighted by Gasteiger charge is 1.94. The van der Waals surface area contributed by atoms with E-state index in [4.69, 9.17) is 5.11 Å². The van der Waals surface area contributed by atoms with Crippen molar-refractivity contribution in [2.45, 2.75) is 38.7 Å². The molecule has 0 fully saturated rings. The van der Waals surface area contributed by atoms with Gasteiger partial charge >= 0.3 is 0 Å². The molecule has 0 amide bonds. The predicted molar refractivity (Wildman–Crippen MR) is 51.6 cm³/mol. The zero-order valence-electron chi connectivity index (χ0n) is 6.42. The fraction of sp³-hybridized carbons (Fsp3) is 1.00. The molecule has 0 aliphatic heterocycles. The number of hydrogen-bond acceptors (Lipinski definition) is 3. The second-order valence-corrected chi connectivity index (χ2v) is 3.97. The number of aliphatic hydroxyl groups is 1. The monoisotopic (exact) mass is 180 g/mol. The van der Waals surface area contributed by atoms with Gasteiger partial charge in [-0.05, 0) is 19.8 Å². The van der Waals surface area contributed by atoms with Crippen LogP contribution in [0.4, 0.5) is 0 Å². The lowest BCUT2D eigenvalue weighted by Crippen LogP contribution is -1.98. The average Bonchev–Trinajstić information content (AvgIpc) is 1.87. The topological polar surface area (TPSA) is 20.2 Å². The van der Waals surface area contributed by atoms with Crippen LogP contribution in [0.1, 0.15) is 32.6 Å². The molecular formula is C7H16OS2. The minimum atomic E-state index is -0.122. The molecule has 0 radical (unpaired) electrons. The molecule has 0 rings (SSSR count). The quantitative estimate of drug-likeness (QED) is 0.372. The largest absolute Gasteiger partial charge is 0.393 e. The van der Waals surface area contributed by atoms with Crippen LogP contribution in [0, 0.1) is 0 Å². The van der Waals surface area contributed by atoms with E-state index in [0.717, 1.165) is 18.6 Å². The smallest absolute Gasteiger partial charge is 0.0512 e. The van der Waals surface area contributed by atoms with E-state index in [2.05, 4.69) is 11.7 Å². The van der Waals surface area contributed by atoms with Gasteiger partial charge < -0.3 is 5.11 Å². The highest BCUT2D eigenvalue weighted by Crippen LogP contribution is 2.10. The molecule has 0 saturated heterocycles.